The molecule has 32 heavy (non-hydrogen) atoms. The molecule has 1 aromatic heterocycles. The molecule has 5 rings (SSSR count). The van der Waals surface area contributed by atoms with Crippen LogP contribution >= 0.6 is 23.6 Å². The van der Waals surface area contributed by atoms with Gasteiger partial charge in [-0.1, -0.05) is 50.3 Å². The Balaban J connectivity index is 1.35. The van der Waals surface area contributed by atoms with Gasteiger partial charge in [0.2, 0.25) is 0 Å². The normalized spacial score (nSPS) is 15.9. The third-order valence-corrected chi connectivity index (χ3v) is 7.44. The number of anilines is 2. The molecule has 0 unspecified atom stereocenters. The van der Waals surface area contributed by atoms with E-state index in [4.69, 9.17) is 17.2 Å². The highest BCUT2D eigenvalue weighted by Gasteiger charge is 2.38. The molecule has 0 bridgehead atoms. The molecule has 0 fully saturated rings. The Hall–Kier alpha value is -3.02. The number of hydrogen-bond acceptors (Lipinski definition) is 4. The zero-order valence-electron chi connectivity index (χ0n) is 18.6. The first-order chi connectivity index (χ1) is 15.3. The number of likely N-dealkylation sites (N-methyl/N-ethyl adjacent to an activating group) is 1. The van der Waals surface area contributed by atoms with Crippen LogP contribution in [-0.2, 0) is 5.41 Å². The highest BCUT2D eigenvalue weighted by atomic mass is 32.1. The Morgan fingerprint density at radius 3 is 2.56 bits per heavy atom. The van der Waals surface area contributed by atoms with E-state index in [-0.39, 0.29) is 5.41 Å². The van der Waals surface area contributed by atoms with Crippen LogP contribution in [0.1, 0.15) is 25.0 Å². The van der Waals surface area contributed by atoms with Gasteiger partial charge in [-0.2, -0.15) is 0 Å². The van der Waals surface area contributed by atoms with Crippen LogP contribution in [0.3, 0.4) is 0 Å². The fraction of sp³-hybridized carbons (Fsp3) is 0.185. The monoisotopic (exact) mass is 455 g/mol. The average molecular weight is 456 g/mol. The third kappa shape index (κ3) is 3.61. The summed E-state index contributed by atoms with van der Waals surface area (Å²) in [6.45, 7) is 6.61. The van der Waals surface area contributed by atoms with E-state index in [1.807, 2.05) is 0 Å². The van der Waals surface area contributed by atoms with Crippen molar-refractivity contribution in [1.82, 2.24) is 4.98 Å². The van der Waals surface area contributed by atoms with Crippen LogP contribution < -0.4 is 10.2 Å². The zero-order valence-corrected chi connectivity index (χ0v) is 20.3. The summed E-state index contributed by atoms with van der Waals surface area (Å²) in [4.78, 5) is 7.73. The molecule has 2 heterocycles. The minimum Gasteiger partial charge on any atom is -0.347 e. The quantitative estimate of drug-likeness (QED) is 0.259. The number of para-hydroxylation sites is 1. The Bertz CT molecular complexity index is 1360. The van der Waals surface area contributed by atoms with Crippen LogP contribution in [0, 0.1) is 6.92 Å². The van der Waals surface area contributed by atoms with Crippen LogP contribution in [0.25, 0.3) is 20.8 Å². The predicted octanol–water partition coefficient (Wildman–Crippen LogP) is 7.32. The Labute approximate surface area is 198 Å². The number of fused-ring (bicyclic) bond motifs is 2. The van der Waals surface area contributed by atoms with Crippen LogP contribution in [0.2, 0.25) is 0 Å². The van der Waals surface area contributed by atoms with Crippen LogP contribution in [-0.4, -0.2) is 17.0 Å². The number of rotatable bonds is 3. The number of allylic oxidation sites excluding steroid dienone is 1. The number of nitrogens with zero attached hydrogens (tertiary/aromatic N) is 2. The lowest BCUT2D eigenvalue weighted by Crippen LogP contribution is -2.24. The molecule has 0 radical (unpaired) electrons. The lowest BCUT2D eigenvalue weighted by atomic mass is 9.84. The number of aryl methyl sites for hydroxylation is 1. The van der Waals surface area contributed by atoms with E-state index >= 15 is 0 Å². The fourth-order valence-electron chi connectivity index (χ4n) is 4.41. The first-order valence-electron chi connectivity index (χ1n) is 10.7. The summed E-state index contributed by atoms with van der Waals surface area (Å²) in [5.41, 5.74) is 8.07. The van der Waals surface area contributed by atoms with Crippen molar-refractivity contribution in [3.63, 3.8) is 0 Å². The second-order valence-electron chi connectivity index (χ2n) is 8.79. The second kappa shape index (κ2) is 7.84. The molecule has 3 aromatic carbocycles. The van der Waals surface area contributed by atoms with Crippen molar-refractivity contribution >= 4 is 50.1 Å². The molecule has 160 valence electrons. The first-order valence-corrected chi connectivity index (χ1v) is 11.9. The van der Waals surface area contributed by atoms with Gasteiger partial charge in [-0.25, -0.2) is 4.98 Å². The summed E-state index contributed by atoms with van der Waals surface area (Å²) in [6.07, 6.45) is 2.08. The van der Waals surface area contributed by atoms with Crippen LogP contribution in [0.15, 0.2) is 78.5 Å². The molecule has 0 aliphatic carbocycles. The molecule has 0 saturated carbocycles. The summed E-state index contributed by atoms with van der Waals surface area (Å²) in [5.74, 6) is 0. The molecule has 5 heteroatoms. The fourth-order valence-corrected chi connectivity index (χ4v) is 5.71. The van der Waals surface area contributed by atoms with Gasteiger partial charge in [0.15, 0.2) is 0 Å². The van der Waals surface area contributed by atoms with E-state index in [0.717, 1.165) is 21.8 Å². The molecule has 4 aromatic rings. The minimum absolute atomic E-state index is 0.0911. The molecule has 0 saturated heterocycles. The van der Waals surface area contributed by atoms with Gasteiger partial charge in [0.1, 0.15) is 10.00 Å². The first kappa shape index (κ1) is 20.9. The SMILES string of the molecule is Cc1ccc2nc(-c3ccc(NC(=S)/C=C4\N(C)c5ccccc5C4(C)C)cc3)sc2c1. The van der Waals surface area contributed by atoms with E-state index < -0.39 is 0 Å². The molecule has 1 aliphatic rings. The van der Waals surface area contributed by atoms with Gasteiger partial charge in [-0.3, -0.25) is 0 Å². The zero-order chi connectivity index (χ0) is 22.5. The van der Waals surface area contributed by atoms with Gasteiger partial charge in [-0.05, 0) is 66.6 Å². The second-order valence-corrected chi connectivity index (χ2v) is 10.3. The van der Waals surface area contributed by atoms with Gasteiger partial charge in [0.05, 0.1) is 10.2 Å². The van der Waals surface area contributed by atoms with Crippen molar-refractivity contribution < 1.29 is 0 Å². The molecule has 1 aliphatic heterocycles. The Morgan fingerprint density at radius 1 is 1.06 bits per heavy atom. The maximum absolute atomic E-state index is 5.70. The van der Waals surface area contributed by atoms with Crippen LogP contribution in [0.5, 0.6) is 0 Å². The summed E-state index contributed by atoms with van der Waals surface area (Å²) in [5, 5.41) is 4.41. The highest BCUT2D eigenvalue weighted by Crippen LogP contribution is 2.46. The molecule has 0 amide bonds. The number of thiazole rings is 1. The lowest BCUT2D eigenvalue weighted by molar-refractivity contribution is 0.641. The minimum atomic E-state index is -0.0911. The molecular weight excluding hydrogens is 430 g/mol. The molecule has 3 nitrogen and oxygen atoms in total. The molecule has 0 atom stereocenters. The van der Waals surface area contributed by atoms with Crippen molar-refractivity contribution in [2.75, 3.05) is 17.3 Å². The number of thiocarbonyl (C=S) groups is 1. The molecular formula is C27H25N3S2. The third-order valence-electron chi connectivity index (χ3n) is 6.15. The summed E-state index contributed by atoms with van der Waals surface area (Å²) in [7, 11) is 2.11. The van der Waals surface area contributed by atoms with E-state index in [0.29, 0.717) is 4.99 Å². The largest absolute Gasteiger partial charge is 0.347 e. The van der Waals surface area contributed by atoms with Gasteiger partial charge in [-0.15, -0.1) is 11.3 Å². The van der Waals surface area contributed by atoms with E-state index in [9.17, 15) is 0 Å². The number of aromatic nitrogens is 1. The Morgan fingerprint density at radius 2 is 1.81 bits per heavy atom. The standard InChI is InChI=1S/C27H25N3S2/c1-17-9-14-21-23(15-17)32-26(29-21)18-10-12-19(13-11-18)28-25(31)16-24-27(2,3)20-7-5-6-8-22(20)30(24)4/h5-16H,1-4H3,(H,28,31)/b24-16-. The number of benzene rings is 3. The van der Waals surface area contributed by atoms with Gasteiger partial charge in [0, 0.05) is 35.1 Å². The summed E-state index contributed by atoms with van der Waals surface area (Å²) < 4.78 is 1.22. The molecule has 0 spiro atoms. The number of nitrogens with one attached hydrogen (secondary N) is 1. The molecule has 1 N–H and O–H groups in total. The van der Waals surface area contributed by atoms with Crippen molar-refractivity contribution in [1.29, 1.82) is 0 Å². The van der Waals surface area contributed by atoms with Gasteiger partial charge in [0.25, 0.3) is 0 Å². The van der Waals surface area contributed by atoms with Gasteiger partial charge >= 0.3 is 0 Å². The van der Waals surface area contributed by atoms with Crippen molar-refractivity contribution in [2.45, 2.75) is 26.2 Å². The van der Waals surface area contributed by atoms with Crippen molar-refractivity contribution in [3.05, 3.63) is 89.6 Å². The lowest BCUT2D eigenvalue weighted by Gasteiger charge is -2.24. The average Bonchev–Trinajstić information content (AvgIpc) is 3.27. The van der Waals surface area contributed by atoms with E-state index in [1.165, 1.54) is 27.2 Å². The van der Waals surface area contributed by atoms with Crippen molar-refractivity contribution in [3.8, 4) is 10.6 Å². The van der Waals surface area contributed by atoms with E-state index in [1.54, 1.807) is 11.3 Å². The summed E-state index contributed by atoms with van der Waals surface area (Å²) >= 11 is 7.42. The topological polar surface area (TPSA) is 28.2 Å². The maximum Gasteiger partial charge on any atom is 0.124 e. The van der Waals surface area contributed by atoms with Crippen molar-refractivity contribution in [2.24, 2.45) is 0 Å². The predicted molar refractivity (Wildman–Crippen MR) is 142 cm³/mol. The van der Waals surface area contributed by atoms with E-state index in [2.05, 4.69) is 111 Å². The maximum atomic E-state index is 5.70. The highest BCUT2D eigenvalue weighted by molar-refractivity contribution is 7.81. The Kier molecular flexibility index (Phi) is 5.11. The van der Waals surface area contributed by atoms with Crippen LogP contribution in [0.4, 0.5) is 11.4 Å². The number of hydrogen-bond donors (Lipinski definition) is 1. The summed E-state index contributed by atoms with van der Waals surface area (Å²) in [6, 6.07) is 23.3. The smallest absolute Gasteiger partial charge is 0.124 e. The van der Waals surface area contributed by atoms with Gasteiger partial charge < -0.3 is 10.2 Å².